The molecule has 0 aromatic rings. The first kappa shape index (κ1) is 47.5. The first-order valence-corrected chi connectivity index (χ1v) is 25.9. The van der Waals surface area contributed by atoms with Crippen LogP contribution in [0.4, 0.5) is 0 Å². The first-order chi connectivity index (χ1) is 18.9. The average Bonchev–Trinajstić information content (AvgIpc) is 2.73. The number of amides is 3. The zero-order valence-electron chi connectivity index (χ0n) is 28.9. The Bertz CT molecular complexity index is 875. The number of nitrogens with two attached hydrogens (primary N) is 3. The zero-order valence-corrected chi connectivity index (χ0v) is 32.9. The smallest absolute Gasteiger partial charge is 0.469 e. The number of primary amides is 3. The molecule has 0 aromatic carbocycles. The van der Waals surface area contributed by atoms with Crippen LogP contribution in [-0.4, -0.2) is 62.6 Å². The molecule has 0 saturated heterocycles. The second-order valence-corrected chi connectivity index (χ2v) is 29.8. The fourth-order valence-electron chi connectivity index (χ4n) is 2.34. The van der Waals surface area contributed by atoms with Crippen LogP contribution in [0.3, 0.4) is 0 Å². The predicted octanol–water partition coefficient (Wildman–Crippen LogP) is 5.43. The number of allylic oxidation sites excluding steroid dienone is 1. The highest BCUT2D eigenvalue weighted by Crippen LogP contribution is 2.30. The van der Waals surface area contributed by atoms with Crippen LogP contribution in [0.1, 0.15) is 40.5 Å². The molecule has 43 heavy (non-hydrogen) atoms. The lowest BCUT2D eigenvalue weighted by Crippen LogP contribution is -2.60. The second-order valence-electron chi connectivity index (χ2n) is 12.8. The molecule has 0 fully saturated rings. The predicted molar refractivity (Wildman–Crippen MR) is 187 cm³/mol. The normalized spacial score (nSPS) is 11.7. The molecule has 0 radical (unpaired) electrons. The lowest BCUT2D eigenvalue weighted by atomic mass is 10.2. The summed E-state index contributed by atoms with van der Waals surface area (Å²) in [5.74, 6) is -2.17. The number of rotatable bonds is 14. The zero-order chi connectivity index (χ0) is 35.6. The second kappa shape index (κ2) is 21.3. The molecule has 250 valence electrons. The van der Waals surface area contributed by atoms with E-state index in [4.69, 9.17) is 34.7 Å². The van der Waals surface area contributed by atoms with Crippen LogP contribution in [-0.2, 0) is 31.5 Å². The van der Waals surface area contributed by atoms with Gasteiger partial charge in [-0.25, -0.2) is 4.79 Å². The van der Waals surface area contributed by atoms with Gasteiger partial charge in [-0.15, -0.1) is 0 Å². The van der Waals surface area contributed by atoms with Crippen molar-refractivity contribution in [2.24, 2.45) is 17.2 Å². The molecule has 0 aliphatic carbocycles. The molecule has 3 amide bonds. The molecule has 0 unspecified atom stereocenters. The summed E-state index contributed by atoms with van der Waals surface area (Å²) in [5, 5.41) is 8.98. The fourth-order valence-corrected chi connectivity index (χ4v) is 17.0. The number of carbonyl (C=O) groups is 4. The van der Waals surface area contributed by atoms with E-state index in [1.165, 1.54) is 0 Å². The standard InChI is InChI=1S/C16H38O5Si4.3C4H7NO/c1-15(16(17)18)13-11-12-14-25(19-22(2,3)4,20-23(5,6)7)21-24(8,9)10;3*1-3(2)4(5)6/h13H,11-12,14H2,1-10H3,(H,17,18);3*1H2,2H3,(H2,5,6). The van der Waals surface area contributed by atoms with Crippen LogP contribution in [0.25, 0.3) is 0 Å². The van der Waals surface area contributed by atoms with Crippen LogP contribution >= 0.6 is 0 Å². The van der Waals surface area contributed by atoms with Crippen molar-refractivity contribution < 1.29 is 36.6 Å². The van der Waals surface area contributed by atoms with E-state index in [1.807, 2.05) is 0 Å². The van der Waals surface area contributed by atoms with Crippen molar-refractivity contribution in [1.29, 1.82) is 0 Å². The van der Waals surface area contributed by atoms with Gasteiger partial charge < -0.3 is 34.7 Å². The van der Waals surface area contributed by atoms with Crippen LogP contribution in [0.15, 0.2) is 48.1 Å². The maximum atomic E-state index is 10.9. The Morgan fingerprint density at radius 2 is 0.860 bits per heavy atom. The number of carboxylic acids is 1. The third-order valence-corrected chi connectivity index (χ3v) is 16.2. The van der Waals surface area contributed by atoms with Gasteiger partial charge >= 0.3 is 14.8 Å². The summed E-state index contributed by atoms with van der Waals surface area (Å²) in [7, 11) is -8.33. The van der Waals surface area contributed by atoms with Gasteiger partial charge in [0.15, 0.2) is 25.0 Å². The molecule has 0 saturated carbocycles. The number of aliphatic carboxylic acids is 1. The summed E-state index contributed by atoms with van der Waals surface area (Å²) >= 11 is 0. The van der Waals surface area contributed by atoms with E-state index in [9.17, 15) is 19.2 Å². The van der Waals surface area contributed by atoms with Gasteiger partial charge in [0.2, 0.25) is 17.7 Å². The van der Waals surface area contributed by atoms with Crippen molar-refractivity contribution in [3.05, 3.63) is 48.1 Å². The molecule has 0 atom stereocenters. The molecule has 0 heterocycles. The first-order valence-electron chi connectivity index (χ1n) is 13.7. The highest BCUT2D eigenvalue weighted by atomic mass is 28.5. The quantitative estimate of drug-likeness (QED) is 0.106. The molecule has 0 spiro atoms. The molecule has 0 aromatic heterocycles. The highest BCUT2D eigenvalue weighted by Gasteiger charge is 2.49. The van der Waals surface area contributed by atoms with Crippen molar-refractivity contribution in [1.82, 2.24) is 0 Å². The van der Waals surface area contributed by atoms with Crippen molar-refractivity contribution in [3.8, 4) is 0 Å². The largest absolute Gasteiger partial charge is 0.478 e. The van der Waals surface area contributed by atoms with Crippen LogP contribution in [0.5, 0.6) is 0 Å². The molecule has 15 heteroatoms. The Balaban J connectivity index is -0.000000339. The minimum Gasteiger partial charge on any atom is -0.478 e. The summed E-state index contributed by atoms with van der Waals surface area (Å²) in [5.41, 5.74) is 15.7. The summed E-state index contributed by atoms with van der Waals surface area (Å²) in [6, 6.07) is 0.745. The van der Waals surface area contributed by atoms with Crippen molar-refractivity contribution in [2.75, 3.05) is 0 Å². The maximum absolute atomic E-state index is 10.9. The highest BCUT2D eigenvalue weighted by molar-refractivity contribution is 6.90. The van der Waals surface area contributed by atoms with Crippen LogP contribution < -0.4 is 17.2 Å². The number of hydrogen-bond acceptors (Lipinski definition) is 7. The van der Waals surface area contributed by atoms with Crippen LogP contribution in [0.2, 0.25) is 65.0 Å². The van der Waals surface area contributed by atoms with Crippen molar-refractivity contribution in [2.45, 2.75) is 106 Å². The SMILES string of the molecule is C=C(C)C(N)=O.C=C(C)C(N)=O.C=C(C)C(N)=O.CC(=CCCC[Si](O[Si](C)(C)C)(O[Si](C)(C)C)O[Si](C)(C)C)C(=O)O. The van der Waals surface area contributed by atoms with Gasteiger partial charge in [-0.1, -0.05) is 25.8 Å². The Morgan fingerprint density at radius 1 is 0.628 bits per heavy atom. The van der Waals surface area contributed by atoms with E-state index in [0.717, 1.165) is 12.5 Å². The Morgan fingerprint density at radius 3 is 1.02 bits per heavy atom. The Hall–Kier alpha value is -2.41. The van der Waals surface area contributed by atoms with Crippen LogP contribution in [0, 0.1) is 0 Å². The maximum Gasteiger partial charge on any atom is 0.469 e. The number of unbranched alkanes of at least 4 members (excludes halogenated alkanes) is 1. The Kier molecular flexibility index (Phi) is 23.6. The van der Waals surface area contributed by atoms with Gasteiger partial charge in [0.25, 0.3) is 0 Å². The van der Waals surface area contributed by atoms with Gasteiger partial charge in [-0.3, -0.25) is 14.4 Å². The molecular weight excluding hydrogens is 619 g/mol. The van der Waals surface area contributed by atoms with E-state index in [-0.39, 0.29) is 0 Å². The average molecular weight is 678 g/mol. The van der Waals surface area contributed by atoms with Gasteiger partial charge in [0, 0.05) is 28.3 Å². The minimum absolute atomic E-state index is 0.385. The lowest BCUT2D eigenvalue weighted by Gasteiger charge is -2.42. The third-order valence-electron chi connectivity index (χ3n) is 4.12. The molecule has 11 nitrogen and oxygen atoms in total. The molecule has 0 rings (SSSR count). The molecular formula is C28H59N3O8Si4. The molecule has 0 aliphatic rings. The summed E-state index contributed by atoms with van der Waals surface area (Å²) in [4.78, 5) is 40.4. The van der Waals surface area contributed by atoms with Gasteiger partial charge in [-0.05, 0) is 99.5 Å². The summed E-state index contributed by atoms with van der Waals surface area (Å²) in [6.45, 7) is 35.7. The van der Waals surface area contributed by atoms with Crippen molar-refractivity contribution in [3.63, 3.8) is 0 Å². The van der Waals surface area contributed by atoms with Crippen molar-refractivity contribution >= 4 is 57.4 Å². The number of carboxylic acid groups (broad SMARTS) is 1. The number of carbonyl (C=O) groups excluding carboxylic acids is 3. The van der Waals surface area contributed by atoms with E-state index >= 15 is 0 Å². The Labute approximate surface area is 264 Å². The minimum atomic E-state index is -2.79. The summed E-state index contributed by atoms with van der Waals surface area (Å²) < 4.78 is 19.8. The molecule has 0 bridgehead atoms. The fraction of sp³-hybridized carbons (Fsp3) is 0.571. The molecule has 7 N–H and O–H groups in total. The van der Waals surface area contributed by atoms with Gasteiger partial charge in [0.1, 0.15) is 0 Å². The summed E-state index contributed by atoms with van der Waals surface area (Å²) in [6.07, 6.45) is 3.29. The van der Waals surface area contributed by atoms with E-state index in [1.54, 1.807) is 33.8 Å². The monoisotopic (exact) mass is 677 g/mol. The third kappa shape index (κ3) is 35.7. The lowest BCUT2D eigenvalue weighted by molar-refractivity contribution is -0.132. The van der Waals surface area contributed by atoms with Gasteiger partial charge in [0.05, 0.1) is 0 Å². The molecule has 0 aliphatic heterocycles. The van der Waals surface area contributed by atoms with E-state index < -0.39 is 57.4 Å². The van der Waals surface area contributed by atoms with E-state index in [0.29, 0.717) is 28.7 Å². The topological polar surface area (TPSA) is 194 Å². The van der Waals surface area contributed by atoms with Gasteiger partial charge in [-0.2, -0.15) is 0 Å². The number of hydrogen-bond donors (Lipinski definition) is 4. The van der Waals surface area contributed by atoms with E-state index in [2.05, 4.69) is 78.7 Å².